The molecule has 0 atom stereocenters. The van der Waals surface area contributed by atoms with Gasteiger partial charge < -0.3 is 0 Å². The standard InChI is InChI=1S/C13H11N5O3S3/c1-2-3-8-11(24-17-16-8)12(19)15-13-14-9(6-23-13)10-4-7(5-22-10)18(20)21/h4-6H,2-3H2,1H3,(H,14,15,19). The summed E-state index contributed by atoms with van der Waals surface area (Å²) in [5, 5.41) is 21.1. The Bertz CT molecular complexity index is 885. The van der Waals surface area contributed by atoms with Crippen LogP contribution in [0.3, 0.4) is 0 Å². The summed E-state index contributed by atoms with van der Waals surface area (Å²) < 4.78 is 3.83. The molecule has 0 fully saturated rings. The summed E-state index contributed by atoms with van der Waals surface area (Å²) in [6.45, 7) is 2.01. The first-order valence-electron chi connectivity index (χ1n) is 6.90. The number of hydrogen-bond donors (Lipinski definition) is 1. The SMILES string of the molecule is CCCc1nnsc1C(=O)Nc1nc(-c2cc([N+](=O)[O-])cs2)cs1. The van der Waals surface area contributed by atoms with Crippen molar-refractivity contribution in [2.24, 2.45) is 0 Å². The Morgan fingerprint density at radius 2 is 2.21 bits per heavy atom. The van der Waals surface area contributed by atoms with Crippen molar-refractivity contribution in [1.82, 2.24) is 14.6 Å². The van der Waals surface area contributed by atoms with Gasteiger partial charge in [0.05, 0.1) is 26.6 Å². The van der Waals surface area contributed by atoms with Crippen LogP contribution in [0.1, 0.15) is 28.7 Å². The van der Waals surface area contributed by atoms with Gasteiger partial charge in [0, 0.05) is 11.4 Å². The van der Waals surface area contributed by atoms with Gasteiger partial charge in [0.25, 0.3) is 11.6 Å². The van der Waals surface area contributed by atoms with Gasteiger partial charge in [-0.15, -0.1) is 27.8 Å². The van der Waals surface area contributed by atoms with Crippen LogP contribution in [0.25, 0.3) is 10.6 Å². The fraction of sp³-hybridized carbons (Fsp3) is 0.231. The third kappa shape index (κ3) is 3.47. The van der Waals surface area contributed by atoms with Crippen molar-refractivity contribution >= 4 is 50.9 Å². The molecule has 24 heavy (non-hydrogen) atoms. The van der Waals surface area contributed by atoms with Gasteiger partial charge in [0.2, 0.25) is 0 Å². The third-order valence-electron chi connectivity index (χ3n) is 3.02. The summed E-state index contributed by atoms with van der Waals surface area (Å²) in [5.74, 6) is -0.286. The number of rotatable bonds is 6. The number of anilines is 1. The number of carbonyl (C=O) groups excluding carboxylic acids is 1. The highest BCUT2D eigenvalue weighted by Crippen LogP contribution is 2.33. The summed E-state index contributed by atoms with van der Waals surface area (Å²) in [4.78, 5) is 28.1. The van der Waals surface area contributed by atoms with Crippen molar-refractivity contribution in [3.8, 4) is 10.6 Å². The number of aromatic nitrogens is 3. The predicted octanol–water partition coefficient (Wildman–Crippen LogP) is 3.84. The highest BCUT2D eigenvalue weighted by Gasteiger charge is 2.18. The van der Waals surface area contributed by atoms with Crippen molar-refractivity contribution < 1.29 is 9.72 Å². The van der Waals surface area contributed by atoms with Gasteiger partial charge in [0.1, 0.15) is 4.88 Å². The zero-order valence-corrected chi connectivity index (χ0v) is 14.8. The minimum absolute atomic E-state index is 0.0357. The molecule has 0 radical (unpaired) electrons. The minimum atomic E-state index is -0.443. The van der Waals surface area contributed by atoms with E-state index in [0.29, 0.717) is 32.7 Å². The maximum atomic E-state index is 12.3. The monoisotopic (exact) mass is 381 g/mol. The van der Waals surface area contributed by atoms with E-state index in [0.717, 1.165) is 18.0 Å². The number of thiazole rings is 1. The lowest BCUT2D eigenvalue weighted by Gasteiger charge is -2.00. The van der Waals surface area contributed by atoms with Gasteiger partial charge in [-0.25, -0.2) is 4.98 Å². The first-order chi connectivity index (χ1) is 11.6. The molecular weight excluding hydrogens is 370 g/mol. The average Bonchev–Trinajstić information content (AvgIpc) is 3.27. The molecule has 3 aromatic heterocycles. The number of hydrogen-bond acceptors (Lipinski definition) is 9. The molecule has 0 saturated carbocycles. The molecule has 0 spiro atoms. The molecular formula is C13H11N5O3S3. The summed E-state index contributed by atoms with van der Waals surface area (Å²) in [7, 11) is 0. The number of amides is 1. The van der Waals surface area contributed by atoms with Gasteiger partial charge in [-0.05, 0) is 18.0 Å². The maximum Gasteiger partial charge on any atom is 0.280 e. The molecule has 8 nitrogen and oxygen atoms in total. The van der Waals surface area contributed by atoms with E-state index in [9.17, 15) is 14.9 Å². The van der Waals surface area contributed by atoms with Gasteiger partial charge in [0.15, 0.2) is 5.13 Å². The highest BCUT2D eigenvalue weighted by molar-refractivity contribution is 7.16. The van der Waals surface area contributed by atoms with Crippen molar-refractivity contribution in [1.29, 1.82) is 0 Å². The zero-order chi connectivity index (χ0) is 17.1. The molecule has 1 N–H and O–H groups in total. The summed E-state index contributed by atoms with van der Waals surface area (Å²) in [5.41, 5.74) is 1.32. The fourth-order valence-corrected chi connectivity index (χ4v) is 4.14. The Morgan fingerprint density at radius 3 is 2.92 bits per heavy atom. The Hall–Kier alpha value is -2.24. The van der Waals surface area contributed by atoms with E-state index in [-0.39, 0.29) is 11.6 Å². The number of nitrogens with one attached hydrogen (secondary N) is 1. The lowest BCUT2D eigenvalue weighted by molar-refractivity contribution is -0.384. The first-order valence-corrected chi connectivity index (χ1v) is 9.43. The van der Waals surface area contributed by atoms with Gasteiger partial charge >= 0.3 is 0 Å². The summed E-state index contributed by atoms with van der Waals surface area (Å²) in [6, 6.07) is 1.47. The number of nitro groups is 1. The van der Waals surface area contributed by atoms with Crippen molar-refractivity contribution in [3.05, 3.63) is 37.5 Å². The van der Waals surface area contributed by atoms with Crippen molar-refractivity contribution in [3.63, 3.8) is 0 Å². The minimum Gasteiger partial charge on any atom is -0.297 e. The number of aryl methyl sites for hydroxylation is 1. The first kappa shape index (κ1) is 16.6. The van der Waals surface area contributed by atoms with Gasteiger partial charge in [-0.2, -0.15) is 0 Å². The fourth-order valence-electron chi connectivity index (χ4n) is 1.94. The van der Waals surface area contributed by atoms with Crippen LogP contribution in [0.2, 0.25) is 0 Å². The number of thiophene rings is 1. The second-order valence-corrected chi connectivity index (χ2v) is 7.24. The molecule has 0 aliphatic heterocycles. The lowest BCUT2D eigenvalue weighted by Crippen LogP contribution is -2.12. The topological polar surface area (TPSA) is 111 Å². The van der Waals surface area contributed by atoms with Crippen LogP contribution in [-0.2, 0) is 6.42 Å². The van der Waals surface area contributed by atoms with E-state index in [1.54, 1.807) is 5.38 Å². The summed E-state index contributed by atoms with van der Waals surface area (Å²) in [6.07, 6.45) is 1.57. The summed E-state index contributed by atoms with van der Waals surface area (Å²) >= 11 is 3.56. The van der Waals surface area contributed by atoms with Crippen LogP contribution in [0.4, 0.5) is 10.8 Å². The molecule has 3 rings (SSSR count). The molecule has 3 heterocycles. The smallest absolute Gasteiger partial charge is 0.280 e. The zero-order valence-electron chi connectivity index (χ0n) is 12.4. The van der Waals surface area contributed by atoms with Crippen LogP contribution >= 0.6 is 34.2 Å². The van der Waals surface area contributed by atoms with Crippen LogP contribution < -0.4 is 5.32 Å². The van der Waals surface area contributed by atoms with E-state index in [4.69, 9.17) is 0 Å². The Labute approximate surface area is 148 Å². The van der Waals surface area contributed by atoms with E-state index in [1.807, 2.05) is 6.92 Å². The molecule has 11 heteroatoms. The second-order valence-electron chi connectivity index (χ2n) is 4.72. The average molecular weight is 381 g/mol. The molecule has 0 unspecified atom stereocenters. The highest BCUT2D eigenvalue weighted by atomic mass is 32.1. The Balaban J connectivity index is 1.74. The molecule has 1 amide bonds. The van der Waals surface area contributed by atoms with Crippen LogP contribution in [0, 0.1) is 10.1 Å². The van der Waals surface area contributed by atoms with E-state index < -0.39 is 4.92 Å². The van der Waals surface area contributed by atoms with E-state index in [2.05, 4.69) is 19.9 Å². The maximum absolute atomic E-state index is 12.3. The Morgan fingerprint density at radius 1 is 1.38 bits per heavy atom. The lowest BCUT2D eigenvalue weighted by atomic mass is 10.2. The molecule has 124 valence electrons. The Kier molecular flexibility index (Phi) is 4.92. The van der Waals surface area contributed by atoms with Crippen LogP contribution in [0.5, 0.6) is 0 Å². The normalized spacial score (nSPS) is 10.7. The number of nitrogens with zero attached hydrogens (tertiary/aromatic N) is 4. The molecule has 3 aromatic rings. The van der Waals surface area contributed by atoms with Crippen molar-refractivity contribution in [2.45, 2.75) is 19.8 Å². The molecule has 0 aromatic carbocycles. The van der Waals surface area contributed by atoms with E-state index >= 15 is 0 Å². The van der Waals surface area contributed by atoms with Gasteiger partial charge in [-0.1, -0.05) is 17.8 Å². The van der Waals surface area contributed by atoms with Crippen molar-refractivity contribution in [2.75, 3.05) is 5.32 Å². The molecule has 0 saturated heterocycles. The molecule has 0 bridgehead atoms. The number of carbonyl (C=O) groups is 1. The van der Waals surface area contributed by atoms with E-state index in [1.165, 1.54) is 34.1 Å². The van der Waals surface area contributed by atoms with Gasteiger partial charge in [-0.3, -0.25) is 20.2 Å². The third-order valence-corrected chi connectivity index (χ3v) is 5.49. The van der Waals surface area contributed by atoms with Crippen LogP contribution in [-0.4, -0.2) is 25.4 Å². The predicted molar refractivity (Wildman–Crippen MR) is 93.9 cm³/mol. The molecule has 0 aliphatic carbocycles. The molecule has 0 aliphatic rings. The largest absolute Gasteiger partial charge is 0.297 e. The second kappa shape index (κ2) is 7.11. The quantitative estimate of drug-likeness (QED) is 0.513. The van der Waals surface area contributed by atoms with Crippen LogP contribution in [0.15, 0.2) is 16.8 Å².